The van der Waals surface area contributed by atoms with Gasteiger partial charge in [-0.3, -0.25) is 9.69 Å². The monoisotopic (exact) mass is 437 g/mol. The molecule has 0 spiro atoms. The molecule has 4 heteroatoms. The van der Waals surface area contributed by atoms with Crippen molar-refractivity contribution in [3.05, 3.63) is 42.0 Å². The van der Waals surface area contributed by atoms with Crippen LogP contribution in [0.4, 0.5) is 0 Å². The van der Waals surface area contributed by atoms with Gasteiger partial charge >= 0.3 is 5.97 Å². The summed E-state index contributed by atoms with van der Waals surface area (Å²) in [7, 11) is 0. The van der Waals surface area contributed by atoms with Gasteiger partial charge in [0.05, 0.1) is 0 Å². The Bertz CT molecular complexity index is 924. The minimum Gasteiger partial charge on any atom is -0.490 e. The lowest BCUT2D eigenvalue weighted by Crippen LogP contribution is -2.38. The number of carboxylic acids is 1. The van der Waals surface area contributed by atoms with Gasteiger partial charge in [-0.05, 0) is 91.1 Å². The molecule has 0 amide bonds. The van der Waals surface area contributed by atoms with E-state index in [9.17, 15) is 4.79 Å². The second kappa shape index (κ2) is 9.82. The molecule has 1 aliphatic carbocycles. The topological polar surface area (TPSA) is 49.8 Å². The number of ether oxygens (including phenoxy) is 1. The van der Waals surface area contributed by atoms with Gasteiger partial charge in [0.2, 0.25) is 0 Å². The fourth-order valence-electron chi connectivity index (χ4n) is 5.70. The fraction of sp³-hybridized carbons (Fsp3) is 0.607. The van der Waals surface area contributed by atoms with Gasteiger partial charge in [-0.25, -0.2) is 0 Å². The van der Waals surface area contributed by atoms with Crippen molar-refractivity contribution in [2.75, 3.05) is 13.1 Å². The molecule has 0 radical (unpaired) electrons. The molecule has 1 heterocycles. The largest absolute Gasteiger partial charge is 0.490 e. The second-order valence-corrected chi connectivity index (χ2v) is 11.1. The van der Waals surface area contributed by atoms with Crippen molar-refractivity contribution in [1.82, 2.24) is 4.90 Å². The highest BCUT2D eigenvalue weighted by Gasteiger charge is 2.35. The lowest BCUT2D eigenvalue weighted by Gasteiger charge is -2.40. The maximum atomic E-state index is 10.9. The van der Waals surface area contributed by atoms with E-state index in [1.165, 1.54) is 35.6 Å². The predicted octanol–water partition coefficient (Wildman–Crippen LogP) is 6.51. The summed E-state index contributed by atoms with van der Waals surface area (Å²) in [5.41, 5.74) is 1.60. The summed E-state index contributed by atoms with van der Waals surface area (Å²) >= 11 is 0. The first kappa shape index (κ1) is 23.1. The van der Waals surface area contributed by atoms with Crippen LogP contribution in [-0.2, 0) is 11.3 Å². The highest BCUT2D eigenvalue weighted by molar-refractivity contribution is 5.84. The Hall–Kier alpha value is -2.07. The second-order valence-electron chi connectivity index (χ2n) is 11.1. The molecule has 2 aliphatic rings. The van der Waals surface area contributed by atoms with Crippen molar-refractivity contribution in [2.24, 2.45) is 17.3 Å². The number of likely N-dealkylation sites (tertiary alicyclic amines) is 1. The average molecular weight is 438 g/mol. The molecule has 4 nitrogen and oxygen atoms in total. The van der Waals surface area contributed by atoms with E-state index < -0.39 is 5.97 Å². The zero-order chi connectivity index (χ0) is 22.7. The van der Waals surface area contributed by atoms with Gasteiger partial charge in [0, 0.05) is 18.9 Å². The van der Waals surface area contributed by atoms with Crippen LogP contribution >= 0.6 is 0 Å². The molecule has 32 heavy (non-hydrogen) atoms. The summed E-state index contributed by atoms with van der Waals surface area (Å²) in [4.78, 5) is 13.4. The lowest BCUT2D eigenvalue weighted by molar-refractivity contribution is -0.138. The summed E-state index contributed by atoms with van der Waals surface area (Å²) in [6, 6.07) is 13.3. The van der Waals surface area contributed by atoms with E-state index >= 15 is 0 Å². The van der Waals surface area contributed by atoms with Crippen LogP contribution in [0.5, 0.6) is 5.75 Å². The number of nitrogens with zero attached hydrogens (tertiary/aromatic N) is 1. The number of benzene rings is 2. The first-order valence-electron chi connectivity index (χ1n) is 12.4. The van der Waals surface area contributed by atoms with Gasteiger partial charge in [0.25, 0.3) is 0 Å². The van der Waals surface area contributed by atoms with Crippen LogP contribution in [0.2, 0.25) is 0 Å². The van der Waals surface area contributed by atoms with Crippen molar-refractivity contribution in [1.29, 1.82) is 0 Å². The first-order valence-corrected chi connectivity index (χ1v) is 12.4. The number of rotatable bonds is 6. The van der Waals surface area contributed by atoms with Crippen LogP contribution in [0, 0.1) is 17.3 Å². The molecular weight excluding hydrogens is 398 g/mol. The molecule has 1 saturated carbocycles. The smallest absolute Gasteiger partial charge is 0.303 e. The van der Waals surface area contributed by atoms with Crippen molar-refractivity contribution in [2.45, 2.75) is 78.4 Å². The van der Waals surface area contributed by atoms with Gasteiger partial charge in [-0.1, -0.05) is 45.4 Å². The van der Waals surface area contributed by atoms with E-state index in [0.717, 1.165) is 44.6 Å². The molecule has 1 N–H and O–H groups in total. The van der Waals surface area contributed by atoms with Crippen molar-refractivity contribution >= 4 is 16.7 Å². The highest BCUT2D eigenvalue weighted by atomic mass is 16.5. The zero-order valence-electron chi connectivity index (χ0n) is 20.0. The molecule has 2 unspecified atom stereocenters. The molecule has 2 aromatic carbocycles. The number of hydrogen-bond acceptors (Lipinski definition) is 3. The molecule has 2 fully saturated rings. The maximum absolute atomic E-state index is 10.9. The summed E-state index contributed by atoms with van der Waals surface area (Å²) < 4.78 is 6.54. The fourth-order valence-corrected chi connectivity index (χ4v) is 5.70. The molecule has 1 saturated heterocycles. The van der Waals surface area contributed by atoms with Crippen LogP contribution in [0.3, 0.4) is 0 Å². The van der Waals surface area contributed by atoms with Gasteiger partial charge < -0.3 is 9.84 Å². The normalized spacial score (nSPS) is 23.3. The number of aliphatic carboxylic acids is 1. The van der Waals surface area contributed by atoms with Crippen LogP contribution in [0.1, 0.15) is 71.3 Å². The minimum atomic E-state index is -0.668. The van der Waals surface area contributed by atoms with E-state index in [1.807, 2.05) is 0 Å². The van der Waals surface area contributed by atoms with E-state index in [0.29, 0.717) is 24.4 Å². The molecule has 2 atom stereocenters. The van der Waals surface area contributed by atoms with Gasteiger partial charge in [-0.15, -0.1) is 0 Å². The Kier molecular flexibility index (Phi) is 7.09. The predicted molar refractivity (Wildman–Crippen MR) is 130 cm³/mol. The van der Waals surface area contributed by atoms with Crippen LogP contribution < -0.4 is 4.74 Å². The maximum Gasteiger partial charge on any atom is 0.303 e. The highest BCUT2D eigenvalue weighted by Crippen LogP contribution is 2.40. The minimum absolute atomic E-state index is 0.277. The third-order valence-electron chi connectivity index (χ3n) is 7.56. The SMILES string of the molecule is CC(C)(C)C1CCCCC1Oc1ccc2cc(CN3CCC(CC(=O)O)CC3)ccc2c1. The third-order valence-corrected chi connectivity index (χ3v) is 7.56. The number of carboxylic acid groups (broad SMARTS) is 1. The van der Waals surface area contributed by atoms with Gasteiger partial charge in [-0.2, -0.15) is 0 Å². The molecular formula is C28H39NO3. The lowest BCUT2D eigenvalue weighted by atomic mass is 9.70. The summed E-state index contributed by atoms with van der Waals surface area (Å²) in [5, 5.41) is 11.5. The first-order chi connectivity index (χ1) is 15.3. The Balaban J connectivity index is 1.39. The molecule has 1 aliphatic heterocycles. The third kappa shape index (κ3) is 5.83. The Morgan fingerprint density at radius 3 is 2.41 bits per heavy atom. The molecule has 0 bridgehead atoms. The van der Waals surface area contributed by atoms with Crippen LogP contribution in [-0.4, -0.2) is 35.2 Å². The van der Waals surface area contributed by atoms with Crippen molar-refractivity contribution < 1.29 is 14.6 Å². The molecule has 174 valence electrons. The van der Waals surface area contributed by atoms with E-state index in [4.69, 9.17) is 9.84 Å². The number of piperidine rings is 1. The van der Waals surface area contributed by atoms with Gasteiger partial charge in [0.1, 0.15) is 11.9 Å². The van der Waals surface area contributed by atoms with Crippen molar-refractivity contribution in [3.63, 3.8) is 0 Å². The number of carbonyl (C=O) groups is 1. The molecule has 0 aromatic heterocycles. The van der Waals surface area contributed by atoms with Crippen molar-refractivity contribution in [3.8, 4) is 5.75 Å². The van der Waals surface area contributed by atoms with E-state index in [-0.39, 0.29) is 5.41 Å². The zero-order valence-corrected chi connectivity index (χ0v) is 20.0. The number of hydrogen-bond donors (Lipinski definition) is 1. The Morgan fingerprint density at radius 2 is 1.69 bits per heavy atom. The molecule has 4 rings (SSSR count). The van der Waals surface area contributed by atoms with Crippen LogP contribution in [0.15, 0.2) is 36.4 Å². The Labute approximate surface area is 192 Å². The Morgan fingerprint density at radius 1 is 1.00 bits per heavy atom. The summed E-state index contributed by atoms with van der Waals surface area (Å²) in [6.07, 6.45) is 7.59. The summed E-state index contributed by atoms with van der Waals surface area (Å²) in [5.74, 6) is 1.26. The number of fused-ring (bicyclic) bond motifs is 1. The van der Waals surface area contributed by atoms with Gasteiger partial charge in [0.15, 0.2) is 0 Å². The standard InChI is InChI=1S/C28H39NO3/c1-28(2,3)25-6-4-5-7-26(25)32-24-11-10-22-16-21(8-9-23(22)18-24)19-29-14-12-20(13-15-29)17-27(30)31/h8-11,16,18,20,25-26H,4-7,12-15,17,19H2,1-3H3,(H,30,31). The quantitative estimate of drug-likeness (QED) is 0.560. The average Bonchev–Trinajstić information content (AvgIpc) is 2.74. The molecule has 2 aromatic rings. The van der Waals surface area contributed by atoms with Crippen LogP contribution in [0.25, 0.3) is 10.8 Å². The summed E-state index contributed by atoms with van der Waals surface area (Å²) in [6.45, 7) is 9.93. The van der Waals surface area contributed by atoms with E-state index in [2.05, 4.69) is 62.1 Å². The van der Waals surface area contributed by atoms with E-state index in [1.54, 1.807) is 0 Å².